The maximum absolute atomic E-state index is 12.6. The predicted octanol–water partition coefficient (Wildman–Crippen LogP) is 3.05. The second-order valence-electron chi connectivity index (χ2n) is 7.51. The number of nitrogen functional groups attached to an aromatic ring is 1. The summed E-state index contributed by atoms with van der Waals surface area (Å²) in [6.45, 7) is 3.74. The number of benzene rings is 2. The van der Waals surface area contributed by atoms with Crippen LogP contribution in [0.5, 0.6) is 5.75 Å². The Morgan fingerprint density at radius 3 is 2.52 bits per heavy atom. The standard InChI is InChI=1S/C21H27F3N4O4S/c1-13(2)33(30,31)28-15-5-3-4-14(10-15)19(29)12-27-8-9-32-16-6-7-17(18(25)11-16)20(26)21(22,23)24/h3-7,10-11,13,19,26-29H,8-9,12,25H2,1-2H3/t19-/m0/s1. The number of nitrogens with two attached hydrogens (primary N) is 1. The van der Waals surface area contributed by atoms with Crippen molar-refractivity contribution in [2.75, 3.05) is 30.2 Å². The fraction of sp³-hybridized carbons (Fsp3) is 0.381. The van der Waals surface area contributed by atoms with Gasteiger partial charge in [-0.1, -0.05) is 12.1 Å². The van der Waals surface area contributed by atoms with Crippen LogP contribution < -0.4 is 20.5 Å². The van der Waals surface area contributed by atoms with E-state index in [4.69, 9.17) is 15.9 Å². The monoisotopic (exact) mass is 488 g/mol. The first-order valence-electron chi connectivity index (χ1n) is 10.00. The molecule has 12 heteroatoms. The second kappa shape index (κ2) is 10.9. The summed E-state index contributed by atoms with van der Waals surface area (Å²) in [6.07, 6.45) is -5.70. The summed E-state index contributed by atoms with van der Waals surface area (Å²) in [4.78, 5) is 0. The molecule has 2 aromatic rings. The molecular formula is C21H27F3N4O4S. The first-order chi connectivity index (χ1) is 15.3. The zero-order valence-electron chi connectivity index (χ0n) is 18.1. The van der Waals surface area contributed by atoms with Crippen molar-refractivity contribution in [2.24, 2.45) is 0 Å². The highest BCUT2D eigenvalue weighted by atomic mass is 32.2. The predicted molar refractivity (Wildman–Crippen MR) is 121 cm³/mol. The van der Waals surface area contributed by atoms with Gasteiger partial charge in [0.2, 0.25) is 10.0 Å². The Labute approximate surface area is 190 Å². The van der Waals surface area contributed by atoms with Crippen LogP contribution in [0.4, 0.5) is 24.5 Å². The van der Waals surface area contributed by atoms with Crippen molar-refractivity contribution >= 4 is 27.1 Å². The van der Waals surface area contributed by atoms with E-state index in [9.17, 15) is 26.7 Å². The Kier molecular flexibility index (Phi) is 8.69. The molecule has 2 rings (SSSR count). The lowest BCUT2D eigenvalue weighted by Crippen LogP contribution is -2.26. The zero-order valence-corrected chi connectivity index (χ0v) is 18.9. The van der Waals surface area contributed by atoms with Gasteiger partial charge in [-0.2, -0.15) is 13.2 Å². The van der Waals surface area contributed by atoms with Crippen LogP contribution in [0.3, 0.4) is 0 Å². The van der Waals surface area contributed by atoms with E-state index >= 15 is 0 Å². The SMILES string of the molecule is CC(C)S(=O)(=O)Nc1cccc([C@@H](O)CNCCOc2ccc(C(=N)C(F)(F)F)c(N)c2)c1. The number of hydrogen-bond donors (Lipinski definition) is 5. The number of sulfonamides is 1. The third-order valence-corrected chi connectivity index (χ3v) is 6.37. The smallest absolute Gasteiger partial charge is 0.433 e. The van der Waals surface area contributed by atoms with Crippen molar-refractivity contribution in [1.29, 1.82) is 5.41 Å². The third kappa shape index (κ3) is 7.62. The van der Waals surface area contributed by atoms with Gasteiger partial charge in [-0.3, -0.25) is 10.1 Å². The lowest BCUT2D eigenvalue weighted by molar-refractivity contribution is -0.0587. The van der Waals surface area contributed by atoms with Gasteiger partial charge in [0.1, 0.15) is 18.1 Å². The first-order valence-corrected chi connectivity index (χ1v) is 11.5. The van der Waals surface area contributed by atoms with E-state index in [1.807, 2.05) is 0 Å². The van der Waals surface area contributed by atoms with Crippen molar-refractivity contribution in [3.63, 3.8) is 0 Å². The van der Waals surface area contributed by atoms with Gasteiger partial charge in [0.25, 0.3) is 0 Å². The molecule has 0 saturated heterocycles. The van der Waals surface area contributed by atoms with Crippen LogP contribution in [-0.4, -0.2) is 50.4 Å². The Hall–Kier alpha value is -2.83. The normalized spacial score (nSPS) is 13.1. The highest BCUT2D eigenvalue weighted by Gasteiger charge is 2.36. The molecule has 0 spiro atoms. The number of aliphatic hydroxyl groups is 1. The van der Waals surface area contributed by atoms with Crippen molar-refractivity contribution in [2.45, 2.75) is 31.4 Å². The summed E-state index contributed by atoms with van der Waals surface area (Å²) in [7, 11) is -3.50. The molecule has 2 aromatic carbocycles. The average molecular weight is 489 g/mol. The van der Waals surface area contributed by atoms with Gasteiger partial charge in [0, 0.05) is 36.1 Å². The molecule has 0 unspecified atom stereocenters. The van der Waals surface area contributed by atoms with Crippen LogP contribution in [0.25, 0.3) is 0 Å². The highest BCUT2D eigenvalue weighted by Crippen LogP contribution is 2.27. The lowest BCUT2D eigenvalue weighted by atomic mass is 10.1. The quantitative estimate of drug-likeness (QED) is 0.187. The van der Waals surface area contributed by atoms with E-state index < -0.39 is 38.8 Å². The van der Waals surface area contributed by atoms with Crippen LogP contribution in [-0.2, 0) is 10.0 Å². The minimum absolute atomic E-state index is 0.149. The zero-order chi connectivity index (χ0) is 24.8. The maximum atomic E-state index is 12.6. The summed E-state index contributed by atoms with van der Waals surface area (Å²) in [6, 6.07) is 10.0. The molecule has 0 aliphatic carbocycles. The molecule has 33 heavy (non-hydrogen) atoms. The molecular weight excluding hydrogens is 461 g/mol. The number of rotatable bonds is 11. The topological polar surface area (TPSA) is 138 Å². The van der Waals surface area contributed by atoms with Gasteiger partial charge in [0.15, 0.2) is 0 Å². The molecule has 0 aromatic heterocycles. The Morgan fingerprint density at radius 1 is 1.21 bits per heavy atom. The average Bonchev–Trinajstić information content (AvgIpc) is 2.72. The van der Waals surface area contributed by atoms with E-state index in [1.165, 1.54) is 12.1 Å². The van der Waals surface area contributed by atoms with Crippen LogP contribution >= 0.6 is 0 Å². The molecule has 0 fully saturated rings. The molecule has 0 saturated carbocycles. The number of alkyl halides is 3. The molecule has 0 amide bonds. The van der Waals surface area contributed by atoms with Gasteiger partial charge in [0.05, 0.1) is 11.4 Å². The summed E-state index contributed by atoms with van der Waals surface area (Å²) in [5.41, 5.74) is 4.31. The molecule has 0 bridgehead atoms. The van der Waals surface area contributed by atoms with Gasteiger partial charge in [-0.05, 0) is 43.7 Å². The van der Waals surface area contributed by atoms with Crippen molar-refractivity contribution in [1.82, 2.24) is 5.32 Å². The number of halogens is 3. The minimum atomic E-state index is -4.79. The van der Waals surface area contributed by atoms with E-state index in [2.05, 4.69) is 10.0 Å². The van der Waals surface area contributed by atoms with E-state index in [0.29, 0.717) is 17.8 Å². The molecule has 0 radical (unpaired) electrons. The molecule has 182 valence electrons. The molecule has 0 heterocycles. The maximum Gasteiger partial charge on any atom is 0.433 e. The molecule has 0 aliphatic rings. The highest BCUT2D eigenvalue weighted by molar-refractivity contribution is 7.93. The van der Waals surface area contributed by atoms with Crippen molar-refractivity contribution in [3.8, 4) is 5.75 Å². The van der Waals surface area contributed by atoms with Crippen LogP contribution in [0.15, 0.2) is 42.5 Å². The summed E-state index contributed by atoms with van der Waals surface area (Å²) in [5.74, 6) is 0.249. The Balaban J connectivity index is 1.83. The van der Waals surface area contributed by atoms with Gasteiger partial charge in [-0.25, -0.2) is 8.42 Å². The van der Waals surface area contributed by atoms with Crippen LogP contribution in [0, 0.1) is 5.41 Å². The minimum Gasteiger partial charge on any atom is -0.492 e. The third-order valence-electron chi connectivity index (χ3n) is 4.61. The van der Waals surface area contributed by atoms with Crippen LogP contribution in [0.1, 0.15) is 31.1 Å². The van der Waals surface area contributed by atoms with Crippen molar-refractivity contribution < 1.29 is 31.4 Å². The first kappa shape index (κ1) is 26.4. The molecule has 6 N–H and O–H groups in total. The molecule has 8 nitrogen and oxygen atoms in total. The number of anilines is 2. The number of aliphatic hydroxyl groups excluding tert-OH is 1. The van der Waals surface area contributed by atoms with E-state index in [0.717, 1.165) is 6.07 Å². The number of ether oxygens (including phenoxy) is 1. The number of nitrogens with one attached hydrogen (secondary N) is 3. The van der Waals surface area contributed by atoms with Gasteiger partial charge in [-0.15, -0.1) is 0 Å². The summed E-state index contributed by atoms with van der Waals surface area (Å²) < 4.78 is 69.8. The Bertz CT molecular complexity index is 1080. The second-order valence-corrected chi connectivity index (χ2v) is 9.75. The fourth-order valence-electron chi connectivity index (χ4n) is 2.70. The molecule has 1 atom stereocenters. The van der Waals surface area contributed by atoms with Crippen LogP contribution in [0.2, 0.25) is 0 Å². The van der Waals surface area contributed by atoms with E-state index in [1.54, 1.807) is 38.1 Å². The van der Waals surface area contributed by atoms with E-state index in [-0.39, 0.29) is 24.6 Å². The number of hydrogen-bond acceptors (Lipinski definition) is 7. The lowest BCUT2D eigenvalue weighted by Gasteiger charge is -2.16. The van der Waals surface area contributed by atoms with Gasteiger partial charge >= 0.3 is 6.18 Å². The Morgan fingerprint density at radius 2 is 1.91 bits per heavy atom. The molecule has 0 aliphatic heterocycles. The summed E-state index contributed by atoms with van der Waals surface area (Å²) >= 11 is 0. The van der Waals surface area contributed by atoms with Gasteiger partial charge < -0.3 is 20.9 Å². The summed E-state index contributed by atoms with van der Waals surface area (Å²) in [5, 5.41) is 19.9. The largest absolute Gasteiger partial charge is 0.492 e. The fourth-order valence-corrected chi connectivity index (χ4v) is 3.39. The van der Waals surface area contributed by atoms with Crippen molar-refractivity contribution in [3.05, 3.63) is 53.6 Å².